The Bertz CT molecular complexity index is 1170. The number of aromatic amines is 1. The largest absolute Gasteiger partial charge is 0.609 e. The third-order valence-corrected chi connectivity index (χ3v) is 7.19. The van der Waals surface area contributed by atoms with Crippen molar-refractivity contribution in [1.82, 2.24) is 15.0 Å². The summed E-state index contributed by atoms with van der Waals surface area (Å²) in [4.78, 5) is 24.2. The minimum atomic E-state index is -1.44. The van der Waals surface area contributed by atoms with E-state index in [1.165, 1.54) is 0 Å². The number of rotatable bonds is 6. The second-order valence-electron chi connectivity index (χ2n) is 7.91. The van der Waals surface area contributed by atoms with E-state index in [0.29, 0.717) is 29.2 Å². The zero-order chi connectivity index (χ0) is 22.2. The Balaban J connectivity index is 1.64. The van der Waals surface area contributed by atoms with Gasteiger partial charge in [0, 0.05) is 28.5 Å². The minimum absolute atomic E-state index is 0.207. The fraction of sp³-hybridized carbons (Fsp3) is 0.348. The van der Waals surface area contributed by atoms with Gasteiger partial charge in [-0.3, -0.25) is 14.8 Å². The van der Waals surface area contributed by atoms with Crippen molar-refractivity contribution in [1.29, 1.82) is 0 Å². The summed E-state index contributed by atoms with van der Waals surface area (Å²) >= 11 is -1.44. The van der Waals surface area contributed by atoms with Crippen molar-refractivity contribution < 1.29 is 19.2 Å². The number of hydrogen-bond acceptors (Lipinski definition) is 5. The van der Waals surface area contributed by atoms with Crippen molar-refractivity contribution in [2.45, 2.75) is 49.4 Å². The molecule has 2 aromatic heterocycles. The van der Waals surface area contributed by atoms with Gasteiger partial charge in [0.1, 0.15) is 5.75 Å². The first kappa shape index (κ1) is 21.4. The fourth-order valence-corrected chi connectivity index (χ4v) is 5.31. The number of H-pyrrole nitrogens is 1. The van der Waals surface area contributed by atoms with Crippen LogP contribution in [0.2, 0.25) is 0 Å². The number of fused-ring (bicyclic) bond motifs is 1. The van der Waals surface area contributed by atoms with Crippen LogP contribution in [0, 0.1) is 13.8 Å². The summed E-state index contributed by atoms with van der Waals surface area (Å²) in [6, 6.07) is 5.45. The van der Waals surface area contributed by atoms with Crippen molar-refractivity contribution in [3.8, 4) is 5.75 Å². The Labute approximate surface area is 183 Å². The average Bonchev–Trinajstić information content (AvgIpc) is 3.20. The van der Waals surface area contributed by atoms with E-state index in [4.69, 9.17) is 4.74 Å². The Morgan fingerprint density at radius 1 is 1.35 bits per heavy atom. The van der Waals surface area contributed by atoms with E-state index in [0.717, 1.165) is 34.4 Å². The Hall–Kier alpha value is -2.84. The normalized spacial score (nSPS) is 19.5. The van der Waals surface area contributed by atoms with Crippen LogP contribution >= 0.6 is 0 Å². The zero-order valence-electron chi connectivity index (χ0n) is 17.8. The summed E-state index contributed by atoms with van der Waals surface area (Å²) in [5.74, 6) is 0.126. The number of allylic oxidation sites excluding steroid dienone is 2. The number of aryl methyl sites for hydroxylation is 1. The number of carbonyl (C=O) groups is 1. The molecular weight excluding hydrogens is 414 g/mol. The number of carboxylic acids is 1. The monoisotopic (exact) mass is 439 g/mol. The molecule has 1 aliphatic rings. The number of carboxylic acid groups (broad SMARTS) is 1. The standard InChI is InChI=1S/C23H25N3O4S/c1-14-12-24-19(15(2)20(14)30-3)13-31(29)22-25-17-8-7-16(11-18(17)26-22)23(21(27)28)9-5-4-6-10-23/h4-5,7-8,11-12H,6,9-10,13H2,1-3H3,(H,25,26)(H,27,28). The van der Waals surface area contributed by atoms with Crippen molar-refractivity contribution >= 4 is 28.2 Å². The van der Waals surface area contributed by atoms with Crippen LogP contribution in [-0.2, 0) is 27.1 Å². The average molecular weight is 440 g/mol. The first-order chi connectivity index (χ1) is 14.9. The number of imidazole rings is 1. The predicted octanol–water partition coefficient (Wildman–Crippen LogP) is 3.95. The van der Waals surface area contributed by atoms with E-state index < -0.39 is 22.6 Å². The third kappa shape index (κ3) is 3.81. The lowest BCUT2D eigenvalue weighted by atomic mass is 9.72. The number of pyridine rings is 1. The Kier molecular flexibility index (Phi) is 5.77. The molecule has 0 radical (unpaired) electrons. The molecule has 0 bridgehead atoms. The van der Waals surface area contributed by atoms with Gasteiger partial charge >= 0.3 is 11.1 Å². The lowest BCUT2D eigenvalue weighted by Crippen LogP contribution is -2.36. The van der Waals surface area contributed by atoms with Gasteiger partial charge < -0.3 is 14.4 Å². The van der Waals surface area contributed by atoms with Crippen LogP contribution in [0.1, 0.15) is 41.6 Å². The molecule has 1 aliphatic carbocycles. The highest BCUT2D eigenvalue weighted by atomic mass is 32.2. The van der Waals surface area contributed by atoms with Crippen molar-refractivity contribution in [3.05, 3.63) is 58.9 Å². The number of nitrogens with one attached hydrogen (secondary N) is 1. The molecule has 2 atom stereocenters. The summed E-state index contributed by atoms with van der Waals surface area (Å²) in [5.41, 5.74) is 3.61. The topological polar surface area (TPSA) is 111 Å². The summed E-state index contributed by atoms with van der Waals surface area (Å²) in [6.45, 7) is 3.82. The maximum Gasteiger partial charge on any atom is 0.322 e. The Morgan fingerprint density at radius 3 is 2.84 bits per heavy atom. The van der Waals surface area contributed by atoms with Crippen LogP contribution in [-0.4, -0.2) is 37.7 Å². The highest BCUT2D eigenvalue weighted by molar-refractivity contribution is 7.90. The van der Waals surface area contributed by atoms with Gasteiger partial charge in [-0.05, 0) is 50.8 Å². The van der Waals surface area contributed by atoms with E-state index in [1.807, 2.05) is 38.1 Å². The molecule has 0 saturated carbocycles. The fourth-order valence-electron chi connectivity index (χ4n) is 4.21. The number of ether oxygens (including phenoxy) is 1. The van der Waals surface area contributed by atoms with Gasteiger partial charge in [0.2, 0.25) is 0 Å². The van der Waals surface area contributed by atoms with Crippen molar-refractivity contribution in [2.24, 2.45) is 0 Å². The van der Waals surface area contributed by atoms with E-state index in [1.54, 1.807) is 19.4 Å². The number of benzene rings is 1. The first-order valence-electron chi connectivity index (χ1n) is 10.1. The summed E-state index contributed by atoms with van der Waals surface area (Å²) in [6.07, 6.45) is 7.40. The SMILES string of the molecule is COc1c(C)cnc(C[S+]([O-])c2nc3cc(C4(C(=O)O)CC=CCC4)ccc3[nH]2)c1C. The second-order valence-corrected chi connectivity index (χ2v) is 9.28. The van der Waals surface area contributed by atoms with Crippen LogP contribution < -0.4 is 4.74 Å². The lowest BCUT2D eigenvalue weighted by molar-refractivity contribution is -0.144. The molecule has 0 spiro atoms. The zero-order valence-corrected chi connectivity index (χ0v) is 18.6. The molecule has 2 N–H and O–H groups in total. The quantitative estimate of drug-likeness (QED) is 0.444. The van der Waals surface area contributed by atoms with Gasteiger partial charge in [0.15, 0.2) is 5.75 Å². The highest BCUT2D eigenvalue weighted by Gasteiger charge is 2.40. The molecule has 0 fully saturated rings. The summed E-state index contributed by atoms with van der Waals surface area (Å²) in [5, 5.41) is 10.3. The molecular formula is C23H25N3O4S. The minimum Gasteiger partial charge on any atom is -0.609 e. The maximum absolute atomic E-state index is 13.0. The molecule has 2 unspecified atom stereocenters. The lowest BCUT2D eigenvalue weighted by Gasteiger charge is -2.30. The first-order valence-corrected chi connectivity index (χ1v) is 11.4. The number of aliphatic carboxylic acids is 1. The molecule has 7 nitrogen and oxygen atoms in total. The van der Waals surface area contributed by atoms with E-state index >= 15 is 0 Å². The van der Waals surface area contributed by atoms with Gasteiger partial charge in [-0.15, -0.1) is 0 Å². The van der Waals surface area contributed by atoms with Crippen LogP contribution in [0.5, 0.6) is 5.75 Å². The van der Waals surface area contributed by atoms with Crippen molar-refractivity contribution in [3.63, 3.8) is 0 Å². The summed E-state index contributed by atoms with van der Waals surface area (Å²) in [7, 11) is 1.61. The number of methoxy groups -OCH3 is 1. The molecule has 0 saturated heterocycles. The molecule has 3 aromatic rings. The van der Waals surface area contributed by atoms with Gasteiger partial charge in [-0.1, -0.05) is 18.2 Å². The second kappa shape index (κ2) is 8.36. The smallest absolute Gasteiger partial charge is 0.322 e. The summed E-state index contributed by atoms with van der Waals surface area (Å²) < 4.78 is 18.4. The molecule has 2 heterocycles. The number of nitrogens with zero attached hydrogens (tertiary/aromatic N) is 2. The van der Waals surface area contributed by atoms with E-state index in [9.17, 15) is 14.5 Å². The Morgan fingerprint density at radius 2 is 2.16 bits per heavy atom. The van der Waals surface area contributed by atoms with Crippen molar-refractivity contribution in [2.75, 3.05) is 7.11 Å². The van der Waals surface area contributed by atoms with Gasteiger partial charge in [-0.25, -0.2) is 0 Å². The molecule has 8 heteroatoms. The molecule has 1 aromatic carbocycles. The molecule has 31 heavy (non-hydrogen) atoms. The van der Waals surface area contributed by atoms with Crippen LogP contribution in [0.25, 0.3) is 11.0 Å². The molecule has 0 amide bonds. The number of aromatic nitrogens is 3. The predicted molar refractivity (Wildman–Crippen MR) is 119 cm³/mol. The van der Waals surface area contributed by atoms with Gasteiger partial charge in [0.25, 0.3) is 0 Å². The van der Waals surface area contributed by atoms with Gasteiger partial charge in [0.05, 0.1) is 29.3 Å². The maximum atomic E-state index is 13.0. The van der Waals surface area contributed by atoms with Gasteiger partial charge in [-0.2, -0.15) is 4.98 Å². The van der Waals surface area contributed by atoms with E-state index in [2.05, 4.69) is 15.0 Å². The molecule has 162 valence electrons. The molecule has 4 rings (SSSR count). The van der Waals surface area contributed by atoms with Crippen LogP contribution in [0.4, 0.5) is 0 Å². The number of hydrogen-bond donors (Lipinski definition) is 2. The van der Waals surface area contributed by atoms with E-state index in [-0.39, 0.29) is 5.75 Å². The molecule has 0 aliphatic heterocycles. The van der Waals surface area contributed by atoms with Crippen LogP contribution in [0.15, 0.2) is 41.7 Å². The highest BCUT2D eigenvalue weighted by Crippen LogP contribution is 2.38. The van der Waals surface area contributed by atoms with Crippen LogP contribution in [0.3, 0.4) is 0 Å². The third-order valence-electron chi connectivity index (χ3n) is 6.03.